The first-order chi connectivity index (χ1) is 11.9. The predicted molar refractivity (Wildman–Crippen MR) is 100 cm³/mol. The van der Waals surface area contributed by atoms with Gasteiger partial charge in [0, 0.05) is 5.56 Å². The van der Waals surface area contributed by atoms with Gasteiger partial charge in [-0.15, -0.1) is 0 Å². The molecule has 4 rings (SSSR count). The van der Waals surface area contributed by atoms with E-state index in [4.69, 9.17) is 4.74 Å². The summed E-state index contributed by atoms with van der Waals surface area (Å²) in [4.78, 5) is 0. The van der Waals surface area contributed by atoms with Gasteiger partial charge < -0.3 is 4.74 Å². The standard InChI is InChI=1S/C23H25FO/c1-22(2,3)21-20(16-10-12-17(24)13-11-16)18-8-4-5-9-19(18)25-23(21)14-6-7-15-23/h4-5,8-13H,6-7,14-15H2,1-3H3. The van der Waals surface area contributed by atoms with Gasteiger partial charge in [0.2, 0.25) is 0 Å². The second kappa shape index (κ2) is 5.72. The van der Waals surface area contributed by atoms with Crippen LogP contribution in [-0.4, -0.2) is 5.60 Å². The third kappa shape index (κ3) is 2.68. The van der Waals surface area contributed by atoms with Gasteiger partial charge in [0.1, 0.15) is 17.2 Å². The number of benzene rings is 2. The number of ether oxygens (including phenoxy) is 1. The fraction of sp³-hybridized carbons (Fsp3) is 0.391. The molecule has 2 aromatic carbocycles. The molecule has 2 aromatic rings. The van der Waals surface area contributed by atoms with Gasteiger partial charge in [0.25, 0.3) is 0 Å². The summed E-state index contributed by atoms with van der Waals surface area (Å²) in [5.41, 5.74) is 4.54. The summed E-state index contributed by atoms with van der Waals surface area (Å²) >= 11 is 0. The van der Waals surface area contributed by atoms with Crippen LogP contribution < -0.4 is 4.74 Å². The van der Waals surface area contributed by atoms with E-state index < -0.39 is 0 Å². The molecule has 0 bridgehead atoms. The summed E-state index contributed by atoms with van der Waals surface area (Å²) in [5.74, 6) is 0.759. The lowest BCUT2D eigenvalue weighted by molar-refractivity contribution is 0.0899. The molecule has 1 aliphatic heterocycles. The van der Waals surface area contributed by atoms with Crippen molar-refractivity contribution in [1.29, 1.82) is 0 Å². The Balaban J connectivity index is 2.06. The fourth-order valence-electron chi connectivity index (χ4n) is 4.66. The van der Waals surface area contributed by atoms with Crippen molar-refractivity contribution in [3.05, 3.63) is 71.0 Å². The minimum atomic E-state index is -0.226. The van der Waals surface area contributed by atoms with Gasteiger partial charge in [-0.3, -0.25) is 0 Å². The second-order valence-corrected chi connectivity index (χ2v) is 8.31. The van der Waals surface area contributed by atoms with E-state index >= 15 is 0 Å². The van der Waals surface area contributed by atoms with Crippen LogP contribution in [0.3, 0.4) is 0 Å². The smallest absolute Gasteiger partial charge is 0.131 e. The summed E-state index contributed by atoms with van der Waals surface area (Å²) in [6.07, 6.45) is 4.49. The highest BCUT2D eigenvalue weighted by Crippen LogP contribution is 2.55. The fourth-order valence-corrected chi connectivity index (χ4v) is 4.66. The van der Waals surface area contributed by atoms with E-state index in [-0.39, 0.29) is 16.8 Å². The summed E-state index contributed by atoms with van der Waals surface area (Å²) in [7, 11) is 0. The van der Waals surface area contributed by atoms with Crippen LogP contribution in [0, 0.1) is 11.2 Å². The second-order valence-electron chi connectivity index (χ2n) is 8.31. The van der Waals surface area contributed by atoms with Crippen LogP contribution in [0.25, 0.3) is 5.57 Å². The average Bonchev–Trinajstić information content (AvgIpc) is 3.01. The van der Waals surface area contributed by atoms with Crippen molar-refractivity contribution >= 4 is 5.57 Å². The highest BCUT2D eigenvalue weighted by molar-refractivity contribution is 5.88. The molecule has 2 heteroatoms. The van der Waals surface area contributed by atoms with Crippen LogP contribution in [0.1, 0.15) is 57.6 Å². The van der Waals surface area contributed by atoms with Gasteiger partial charge in [0.15, 0.2) is 0 Å². The van der Waals surface area contributed by atoms with Crippen molar-refractivity contribution in [2.75, 3.05) is 0 Å². The van der Waals surface area contributed by atoms with E-state index in [9.17, 15) is 4.39 Å². The van der Waals surface area contributed by atoms with Gasteiger partial charge in [0.05, 0.1) is 0 Å². The first kappa shape index (κ1) is 16.4. The Morgan fingerprint density at radius 1 is 0.920 bits per heavy atom. The molecule has 1 spiro atoms. The Labute approximate surface area is 149 Å². The van der Waals surface area contributed by atoms with Crippen molar-refractivity contribution < 1.29 is 9.13 Å². The van der Waals surface area contributed by atoms with Gasteiger partial charge in [-0.1, -0.05) is 51.1 Å². The lowest BCUT2D eigenvalue weighted by Gasteiger charge is -2.45. The van der Waals surface area contributed by atoms with Crippen LogP contribution in [0.4, 0.5) is 4.39 Å². The Hall–Kier alpha value is -2.09. The molecule has 0 amide bonds. The summed E-state index contributed by atoms with van der Waals surface area (Å²) in [5, 5.41) is 0. The van der Waals surface area contributed by atoms with Crippen LogP contribution in [0.2, 0.25) is 0 Å². The molecule has 1 saturated carbocycles. The number of para-hydroxylation sites is 1. The van der Waals surface area contributed by atoms with Gasteiger partial charge in [-0.25, -0.2) is 4.39 Å². The zero-order valence-electron chi connectivity index (χ0n) is 15.2. The number of hydrogen-bond acceptors (Lipinski definition) is 1. The van der Waals surface area contributed by atoms with Crippen LogP contribution >= 0.6 is 0 Å². The highest BCUT2D eigenvalue weighted by Gasteiger charge is 2.48. The number of fused-ring (bicyclic) bond motifs is 1. The van der Waals surface area contributed by atoms with Crippen molar-refractivity contribution in [3.63, 3.8) is 0 Å². The van der Waals surface area contributed by atoms with E-state index in [0.29, 0.717) is 0 Å². The van der Waals surface area contributed by atoms with E-state index in [0.717, 1.165) is 29.7 Å². The van der Waals surface area contributed by atoms with Crippen molar-refractivity contribution in [2.45, 2.75) is 52.1 Å². The Morgan fingerprint density at radius 3 is 2.20 bits per heavy atom. The maximum atomic E-state index is 13.5. The van der Waals surface area contributed by atoms with E-state index in [1.165, 1.54) is 24.0 Å². The first-order valence-corrected chi connectivity index (χ1v) is 9.20. The minimum absolute atomic E-state index is 0.0262. The Bertz CT molecular complexity index is 818. The van der Waals surface area contributed by atoms with Crippen molar-refractivity contribution in [3.8, 4) is 5.75 Å². The highest BCUT2D eigenvalue weighted by atomic mass is 19.1. The SMILES string of the molecule is CC(C)(C)C1=C(c2ccc(F)cc2)c2ccccc2OC12CCCC2. The summed E-state index contributed by atoms with van der Waals surface area (Å²) in [6.45, 7) is 6.80. The Kier molecular flexibility index (Phi) is 3.75. The van der Waals surface area contributed by atoms with Crippen molar-refractivity contribution in [2.24, 2.45) is 5.41 Å². The average molecular weight is 336 g/mol. The molecular formula is C23H25FO. The molecule has 0 radical (unpaired) electrons. The third-order valence-corrected chi connectivity index (χ3v) is 5.46. The van der Waals surface area contributed by atoms with Crippen LogP contribution in [0.5, 0.6) is 5.75 Å². The van der Waals surface area contributed by atoms with E-state index in [1.807, 2.05) is 18.2 Å². The van der Waals surface area contributed by atoms with E-state index in [2.05, 4.69) is 39.0 Å². The number of halogens is 1. The van der Waals surface area contributed by atoms with Crippen LogP contribution in [-0.2, 0) is 0 Å². The Morgan fingerprint density at radius 2 is 1.56 bits per heavy atom. The summed E-state index contributed by atoms with van der Waals surface area (Å²) in [6, 6.07) is 15.2. The molecule has 1 fully saturated rings. The summed E-state index contributed by atoms with van der Waals surface area (Å²) < 4.78 is 20.2. The van der Waals surface area contributed by atoms with E-state index in [1.54, 1.807) is 12.1 Å². The monoisotopic (exact) mass is 336 g/mol. The zero-order valence-corrected chi connectivity index (χ0v) is 15.2. The van der Waals surface area contributed by atoms with Gasteiger partial charge >= 0.3 is 0 Å². The molecule has 1 aliphatic carbocycles. The first-order valence-electron chi connectivity index (χ1n) is 9.20. The largest absolute Gasteiger partial charge is 0.482 e. The van der Waals surface area contributed by atoms with Gasteiger partial charge in [-0.2, -0.15) is 0 Å². The maximum Gasteiger partial charge on any atom is 0.131 e. The molecule has 1 heterocycles. The molecule has 0 aromatic heterocycles. The minimum Gasteiger partial charge on any atom is -0.482 e. The molecule has 0 atom stereocenters. The zero-order chi connectivity index (χ0) is 17.7. The maximum absolute atomic E-state index is 13.5. The third-order valence-electron chi connectivity index (χ3n) is 5.46. The number of hydrogen-bond donors (Lipinski definition) is 0. The molecule has 25 heavy (non-hydrogen) atoms. The molecular weight excluding hydrogens is 311 g/mol. The predicted octanol–water partition coefficient (Wildman–Crippen LogP) is 6.38. The van der Waals surface area contributed by atoms with Crippen molar-refractivity contribution in [1.82, 2.24) is 0 Å². The lowest BCUT2D eigenvalue weighted by atomic mass is 9.69. The topological polar surface area (TPSA) is 9.23 Å². The van der Waals surface area contributed by atoms with Gasteiger partial charge in [-0.05, 0) is 66.0 Å². The molecule has 130 valence electrons. The molecule has 2 aliphatic rings. The molecule has 0 N–H and O–H groups in total. The molecule has 0 saturated heterocycles. The lowest BCUT2D eigenvalue weighted by Crippen LogP contribution is -2.43. The number of rotatable bonds is 1. The quantitative estimate of drug-likeness (QED) is 0.587. The normalized spacial score (nSPS) is 19.0. The van der Waals surface area contributed by atoms with Crippen LogP contribution in [0.15, 0.2) is 54.1 Å². The molecule has 0 unspecified atom stereocenters. The molecule has 1 nitrogen and oxygen atoms in total.